The average molecular weight is 286 g/mol. The first-order chi connectivity index (χ1) is 10.2. The fourth-order valence-corrected chi connectivity index (χ4v) is 2.97. The Morgan fingerprint density at radius 2 is 2.05 bits per heavy atom. The van der Waals surface area contributed by atoms with Gasteiger partial charge in [-0.15, -0.1) is 0 Å². The fourth-order valence-electron chi connectivity index (χ4n) is 2.97. The van der Waals surface area contributed by atoms with Crippen molar-refractivity contribution in [1.82, 2.24) is 9.97 Å². The Morgan fingerprint density at radius 3 is 2.76 bits per heavy atom. The van der Waals surface area contributed by atoms with Crippen molar-refractivity contribution in [3.63, 3.8) is 0 Å². The molecule has 1 heterocycles. The van der Waals surface area contributed by atoms with Crippen LogP contribution in [0.5, 0.6) is 0 Å². The molecule has 0 spiro atoms. The van der Waals surface area contributed by atoms with Gasteiger partial charge in [-0.25, -0.2) is 9.78 Å². The van der Waals surface area contributed by atoms with Crippen molar-refractivity contribution in [1.29, 1.82) is 0 Å². The second kappa shape index (κ2) is 5.68. The zero-order chi connectivity index (χ0) is 14.8. The molecule has 1 N–H and O–H groups in total. The van der Waals surface area contributed by atoms with Crippen molar-refractivity contribution in [2.24, 2.45) is 0 Å². The topological polar surface area (TPSA) is 72.1 Å². The highest BCUT2D eigenvalue weighted by Crippen LogP contribution is 2.30. The predicted molar refractivity (Wildman–Crippen MR) is 79.5 cm³/mol. The zero-order valence-electron chi connectivity index (χ0n) is 12.0. The number of nitrogens with zero attached hydrogens (tertiary/aromatic N) is 1. The smallest absolute Gasteiger partial charge is 0.337 e. The van der Waals surface area contributed by atoms with Crippen LogP contribution in [-0.2, 0) is 4.74 Å². The van der Waals surface area contributed by atoms with Crippen molar-refractivity contribution in [2.45, 2.75) is 38.0 Å². The largest absolute Gasteiger partial charge is 0.465 e. The van der Waals surface area contributed by atoms with E-state index in [-0.39, 0.29) is 5.56 Å². The molecule has 1 aliphatic rings. The SMILES string of the molecule is COC(=O)c1ccc2c(=O)[nH]c(C3CCCCC3)nc2c1. The number of fused-ring (bicyclic) bond motifs is 1. The number of hydrogen-bond donors (Lipinski definition) is 1. The lowest BCUT2D eigenvalue weighted by Crippen LogP contribution is -2.17. The van der Waals surface area contributed by atoms with E-state index in [1.807, 2.05) is 0 Å². The van der Waals surface area contributed by atoms with Crippen LogP contribution in [0.1, 0.15) is 54.2 Å². The average Bonchev–Trinajstić information content (AvgIpc) is 2.54. The summed E-state index contributed by atoms with van der Waals surface area (Å²) in [5.74, 6) is 0.644. The van der Waals surface area contributed by atoms with Crippen molar-refractivity contribution < 1.29 is 9.53 Å². The maximum absolute atomic E-state index is 12.2. The fraction of sp³-hybridized carbons (Fsp3) is 0.438. The number of H-pyrrole nitrogens is 1. The number of carbonyl (C=O) groups excluding carboxylic acids is 1. The van der Waals surface area contributed by atoms with Gasteiger partial charge in [0, 0.05) is 5.92 Å². The van der Waals surface area contributed by atoms with Crippen LogP contribution in [0.2, 0.25) is 0 Å². The van der Waals surface area contributed by atoms with E-state index >= 15 is 0 Å². The Balaban J connectivity index is 2.07. The van der Waals surface area contributed by atoms with Gasteiger partial charge in [-0.2, -0.15) is 0 Å². The Bertz CT molecular complexity index is 730. The highest BCUT2D eigenvalue weighted by molar-refractivity contribution is 5.93. The van der Waals surface area contributed by atoms with Crippen LogP contribution >= 0.6 is 0 Å². The van der Waals surface area contributed by atoms with E-state index < -0.39 is 5.97 Å². The molecule has 0 aliphatic heterocycles. The van der Waals surface area contributed by atoms with Gasteiger partial charge in [-0.05, 0) is 31.0 Å². The maximum atomic E-state index is 12.2. The monoisotopic (exact) mass is 286 g/mol. The second-order valence-electron chi connectivity index (χ2n) is 5.51. The first-order valence-electron chi connectivity index (χ1n) is 7.31. The van der Waals surface area contributed by atoms with E-state index in [9.17, 15) is 9.59 Å². The number of hydrogen-bond acceptors (Lipinski definition) is 4. The molecule has 1 aliphatic carbocycles. The molecule has 0 bridgehead atoms. The number of carbonyl (C=O) groups is 1. The van der Waals surface area contributed by atoms with Crippen LogP contribution in [-0.4, -0.2) is 23.0 Å². The van der Waals surface area contributed by atoms with Crippen LogP contribution in [0.4, 0.5) is 0 Å². The molecule has 3 rings (SSSR count). The molecular formula is C16H18N2O3. The summed E-state index contributed by atoms with van der Waals surface area (Å²) in [5.41, 5.74) is 0.830. The molecule has 5 nitrogen and oxygen atoms in total. The number of esters is 1. The molecular weight excluding hydrogens is 268 g/mol. The molecule has 0 saturated heterocycles. The standard InChI is InChI=1S/C16H18N2O3/c1-21-16(20)11-7-8-12-13(9-11)17-14(18-15(12)19)10-5-3-2-4-6-10/h7-10H,2-6H2,1H3,(H,17,18,19). The molecule has 0 atom stereocenters. The number of aromatic nitrogens is 2. The van der Waals surface area contributed by atoms with Crippen LogP contribution in [0, 0.1) is 0 Å². The van der Waals surface area contributed by atoms with Crippen molar-refractivity contribution in [3.05, 3.63) is 39.9 Å². The quantitative estimate of drug-likeness (QED) is 0.862. The summed E-state index contributed by atoms with van der Waals surface area (Å²) in [6, 6.07) is 4.84. The summed E-state index contributed by atoms with van der Waals surface area (Å²) in [4.78, 5) is 31.2. The Kier molecular flexibility index (Phi) is 3.73. The Labute approximate surface area is 122 Å². The lowest BCUT2D eigenvalue weighted by atomic mass is 9.88. The molecule has 5 heteroatoms. The normalized spacial score (nSPS) is 16.0. The van der Waals surface area contributed by atoms with E-state index in [2.05, 4.69) is 9.97 Å². The number of rotatable bonds is 2. The van der Waals surface area contributed by atoms with Crippen LogP contribution in [0.25, 0.3) is 10.9 Å². The molecule has 1 aromatic carbocycles. The van der Waals surface area contributed by atoms with E-state index in [0.29, 0.717) is 22.4 Å². The number of nitrogens with one attached hydrogen (secondary N) is 1. The minimum atomic E-state index is -0.418. The Hall–Kier alpha value is -2.17. The van der Waals surface area contributed by atoms with Gasteiger partial charge in [0.1, 0.15) is 5.82 Å². The van der Waals surface area contributed by atoms with Gasteiger partial charge >= 0.3 is 5.97 Å². The maximum Gasteiger partial charge on any atom is 0.337 e. The summed E-state index contributed by atoms with van der Waals surface area (Å²) in [6.07, 6.45) is 5.72. The van der Waals surface area contributed by atoms with E-state index in [1.54, 1.807) is 18.2 Å². The molecule has 1 fully saturated rings. The van der Waals surface area contributed by atoms with Gasteiger partial charge in [-0.1, -0.05) is 19.3 Å². The van der Waals surface area contributed by atoms with E-state index in [1.165, 1.54) is 26.4 Å². The first kappa shape index (κ1) is 13.8. The van der Waals surface area contributed by atoms with Crippen LogP contribution in [0.3, 0.4) is 0 Å². The van der Waals surface area contributed by atoms with Gasteiger partial charge in [0.15, 0.2) is 0 Å². The molecule has 1 aromatic heterocycles. The molecule has 21 heavy (non-hydrogen) atoms. The minimum Gasteiger partial charge on any atom is -0.465 e. The number of ether oxygens (including phenoxy) is 1. The van der Waals surface area contributed by atoms with Gasteiger partial charge in [-0.3, -0.25) is 4.79 Å². The molecule has 0 unspecified atom stereocenters. The molecule has 1 saturated carbocycles. The van der Waals surface area contributed by atoms with Gasteiger partial charge in [0.2, 0.25) is 0 Å². The predicted octanol–water partition coefficient (Wildman–Crippen LogP) is 2.76. The molecule has 110 valence electrons. The first-order valence-corrected chi connectivity index (χ1v) is 7.31. The molecule has 0 radical (unpaired) electrons. The summed E-state index contributed by atoms with van der Waals surface area (Å²) in [5, 5.41) is 0.502. The van der Waals surface area contributed by atoms with Crippen molar-refractivity contribution >= 4 is 16.9 Å². The summed E-state index contributed by atoms with van der Waals surface area (Å²) in [7, 11) is 1.34. The lowest BCUT2D eigenvalue weighted by Gasteiger charge is -2.20. The van der Waals surface area contributed by atoms with Crippen LogP contribution in [0.15, 0.2) is 23.0 Å². The molecule has 2 aromatic rings. The third-order valence-electron chi connectivity index (χ3n) is 4.14. The summed E-state index contributed by atoms with van der Waals surface area (Å²) >= 11 is 0. The van der Waals surface area contributed by atoms with Gasteiger partial charge < -0.3 is 9.72 Å². The lowest BCUT2D eigenvalue weighted by molar-refractivity contribution is 0.0601. The van der Waals surface area contributed by atoms with Crippen LogP contribution < -0.4 is 5.56 Å². The third-order valence-corrected chi connectivity index (χ3v) is 4.14. The number of aromatic amines is 1. The number of benzene rings is 1. The molecule has 0 amide bonds. The zero-order valence-corrected chi connectivity index (χ0v) is 12.0. The van der Waals surface area contributed by atoms with E-state index in [4.69, 9.17) is 4.74 Å². The number of methoxy groups -OCH3 is 1. The highest BCUT2D eigenvalue weighted by atomic mass is 16.5. The second-order valence-corrected chi connectivity index (χ2v) is 5.51. The minimum absolute atomic E-state index is 0.142. The summed E-state index contributed by atoms with van der Waals surface area (Å²) in [6.45, 7) is 0. The van der Waals surface area contributed by atoms with Crippen molar-refractivity contribution in [2.75, 3.05) is 7.11 Å². The highest BCUT2D eigenvalue weighted by Gasteiger charge is 2.19. The third kappa shape index (κ3) is 2.68. The van der Waals surface area contributed by atoms with Gasteiger partial charge in [0.05, 0.1) is 23.6 Å². The van der Waals surface area contributed by atoms with Crippen molar-refractivity contribution in [3.8, 4) is 0 Å². The Morgan fingerprint density at radius 1 is 1.29 bits per heavy atom. The summed E-state index contributed by atoms with van der Waals surface area (Å²) < 4.78 is 4.71. The van der Waals surface area contributed by atoms with E-state index in [0.717, 1.165) is 18.7 Å². The van der Waals surface area contributed by atoms with Gasteiger partial charge in [0.25, 0.3) is 5.56 Å².